The zero-order valence-electron chi connectivity index (χ0n) is 12.4. The summed E-state index contributed by atoms with van der Waals surface area (Å²) < 4.78 is 5.06. The van der Waals surface area contributed by atoms with Crippen LogP contribution in [0.1, 0.15) is 29.3 Å². The molecule has 0 radical (unpaired) electrons. The van der Waals surface area contributed by atoms with E-state index in [4.69, 9.17) is 4.74 Å². The van der Waals surface area contributed by atoms with E-state index in [0.717, 1.165) is 25.1 Å². The second kappa shape index (κ2) is 6.46. The second-order valence-electron chi connectivity index (χ2n) is 5.41. The predicted octanol–water partition coefficient (Wildman–Crippen LogP) is 4.00. The fraction of sp³-hybridized carbons (Fsp3) is 0.375. The Kier molecular flexibility index (Phi) is 4.40. The van der Waals surface area contributed by atoms with Crippen LogP contribution in [0, 0.1) is 10.1 Å². The number of ether oxygens (including phenoxy) is 1. The van der Waals surface area contributed by atoms with Gasteiger partial charge in [-0.25, -0.2) is 0 Å². The average Bonchev–Trinajstić information content (AvgIpc) is 3.17. The van der Waals surface area contributed by atoms with E-state index in [1.54, 1.807) is 23.5 Å². The Bertz CT molecular complexity index is 657. The molecule has 2 heterocycles. The van der Waals surface area contributed by atoms with Crippen molar-refractivity contribution in [1.29, 1.82) is 0 Å². The Morgan fingerprint density at radius 2 is 2.32 bits per heavy atom. The summed E-state index contributed by atoms with van der Waals surface area (Å²) in [5.74, 6) is 0.310. The third-order valence-electron chi connectivity index (χ3n) is 4.06. The van der Waals surface area contributed by atoms with E-state index in [-0.39, 0.29) is 10.6 Å². The number of hydrogen-bond acceptors (Lipinski definition) is 5. The van der Waals surface area contributed by atoms with Gasteiger partial charge in [0.05, 0.1) is 12.0 Å². The molecule has 1 saturated heterocycles. The monoisotopic (exact) mass is 318 g/mol. The average molecular weight is 318 g/mol. The molecule has 0 amide bonds. The van der Waals surface area contributed by atoms with E-state index in [9.17, 15) is 10.1 Å². The number of thiophene rings is 1. The Morgan fingerprint density at radius 1 is 1.45 bits per heavy atom. The SMILES string of the molecule is COc1ccc(CN2CCCC2c2cccs2)cc1[N+](=O)[O-]. The summed E-state index contributed by atoms with van der Waals surface area (Å²) in [4.78, 5) is 14.5. The molecule has 5 nitrogen and oxygen atoms in total. The van der Waals surface area contributed by atoms with Gasteiger partial charge in [0.2, 0.25) is 0 Å². The maximum absolute atomic E-state index is 11.1. The van der Waals surface area contributed by atoms with E-state index in [0.29, 0.717) is 11.8 Å². The van der Waals surface area contributed by atoms with Gasteiger partial charge in [0.15, 0.2) is 5.75 Å². The molecule has 22 heavy (non-hydrogen) atoms. The van der Waals surface area contributed by atoms with Crippen molar-refractivity contribution < 1.29 is 9.66 Å². The smallest absolute Gasteiger partial charge is 0.311 e. The molecular weight excluding hydrogens is 300 g/mol. The van der Waals surface area contributed by atoms with Crippen LogP contribution in [0.3, 0.4) is 0 Å². The quantitative estimate of drug-likeness (QED) is 0.617. The third-order valence-corrected chi connectivity index (χ3v) is 5.03. The van der Waals surface area contributed by atoms with E-state index in [2.05, 4.69) is 22.4 Å². The van der Waals surface area contributed by atoms with Crippen LogP contribution >= 0.6 is 11.3 Å². The maximum Gasteiger partial charge on any atom is 0.311 e. The first kappa shape index (κ1) is 15.0. The van der Waals surface area contributed by atoms with Gasteiger partial charge in [-0.2, -0.15) is 0 Å². The molecule has 0 bridgehead atoms. The van der Waals surface area contributed by atoms with E-state index >= 15 is 0 Å². The lowest BCUT2D eigenvalue weighted by atomic mass is 10.1. The number of benzene rings is 1. The lowest BCUT2D eigenvalue weighted by Crippen LogP contribution is -2.22. The van der Waals surface area contributed by atoms with Crippen molar-refractivity contribution in [2.75, 3.05) is 13.7 Å². The summed E-state index contributed by atoms with van der Waals surface area (Å²) >= 11 is 1.78. The molecule has 1 aliphatic heterocycles. The van der Waals surface area contributed by atoms with Gasteiger partial charge in [-0.1, -0.05) is 12.1 Å². The second-order valence-corrected chi connectivity index (χ2v) is 6.39. The molecule has 0 aliphatic carbocycles. The molecule has 0 spiro atoms. The van der Waals surface area contributed by atoms with Crippen LogP contribution in [-0.4, -0.2) is 23.5 Å². The molecule has 3 rings (SSSR count). The van der Waals surface area contributed by atoms with Crippen molar-refractivity contribution in [1.82, 2.24) is 4.90 Å². The van der Waals surface area contributed by atoms with Gasteiger partial charge in [0, 0.05) is 23.5 Å². The first-order valence-electron chi connectivity index (χ1n) is 7.28. The van der Waals surface area contributed by atoms with E-state index in [1.807, 2.05) is 6.07 Å². The normalized spacial score (nSPS) is 18.5. The Morgan fingerprint density at radius 3 is 3.00 bits per heavy atom. The lowest BCUT2D eigenvalue weighted by molar-refractivity contribution is -0.385. The minimum absolute atomic E-state index is 0.0341. The predicted molar refractivity (Wildman–Crippen MR) is 86.4 cm³/mol. The largest absolute Gasteiger partial charge is 0.490 e. The molecule has 6 heteroatoms. The zero-order valence-corrected chi connectivity index (χ0v) is 13.2. The molecule has 1 fully saturated rings. The van der Waals surface area contributed by atoms with Crippen molar-refractivity contribution >= 4 is 17.0 Å². The number of nitrogens with zero attached hydrogens (tertiary/aromatic N) is 2. The van der Waals surface area contributed by atoms with Gasteiger partial charge in [-0.3, -0.25) is 15.0 Å². The zero-order chi connectivity index (χ0) is 15.5. The van der Waals surface area contributed by atoms with Crippen LogP contribution in [0.5, 0.6) is 5.75 Å². The van der Waals surface area contributed by atoms with Crippen LogP contribution in [0.25, 0.3) is 0 Å². The van der Waals surface area contributed by atoms with E-state index < -0.39 is 0 Å². The first-order valence-corrected chi connectivity index (χ1v) is 8.16. The number of nitro groups is 1. The molecule has 2 aromatic rings. The summed E-state index contributed by atoms with van der Waals surface area (Å²) in [5, 5.41) is 13.2. The van der Waals surface area contributed by atoms with E-state index in [1.165, 1.54) is 18.4 Å². The van der Waals surface area contributed by atoms with Gasteiger partial charge in [0.1, 0.15) is 0 Å². The van der Waals surface area contributed by atoms with Gasteiger partial charge in [-0.05, 0) is 42.5 Å². The molecule has 1 aromatic heterocycles. The molecule has 1 atom stereocenters. The Hall–Kier alpha value is -1.92. The number of methoxy groups -OCH3 is 1. The third kappa shape index (κ3) is 2.98. The van der Waals surface area contributed by atoms with Gasteiger partial charge >= 0.3 is 5.69 Å². The van der Waals surface area contributed by atoms with Gasteiger partial charge < -0.3 is 4.74 Å². The molecule has 1 unspecified atom stereocenters. The van der Waals surface area contributed by atoms with Crippen molar-refractivity contribution in [3.63, 3.8) is 0 Å². The summed E-state index contributed by atoms with van der Waals surface area (Å²) in [6.45, 7) is 1.76. The topological polar surface area (TPSA) is 55.6 Å². The molecule has 0 saturated carbocycles. The summed E-state index contributed by atoms with van der Waals surface area (Å²) in [6, 6.07) is 9.90. The standard InChI is InChI=1S/C16H18N2O3S/c1-21-15-7-6-12(10-14(15)18(19)20)11-17-8-2-4-13(17)16-5-3-9-22-16/h3,5-7,9-10,13H,2,4,8,11H2,1H3. The van der Waals surface area contributed by atoms with Crippen LogP contribution in [0.15, 0.2) is 35.7 Å². The van der Waals surface area contributed by atoms with Crippen molar-refractivity contribution in [3.8, 4) is 5.75 Å². The molecule has 1 aliphatic rings. The number of rotatable bonds is 5. The first-order chi connectivity index (χ1) is 10.7. The molecule has 116 valence electrons. The number of nitro benzene ring substituents is 1. The Labute approximate surface area is 133 Å². The number of hydrogen-bond donors (Lipinski definition) is 0. The van der Waals surface area contributed by atoms with Crippen LogP contribution in [-0.2, 0) is 6.54 Å². The highest BCUT2D eigenvalue weighted by atomic mass is 32.1. The van der Waals surface area contributed by atoms with Crippen LogP contribution in [0.2, 0.25) is 0 Å². The maximum atomic E-state index is 11.1. The Balaban J connectivity index is 1.80. The minimum atomic E-state index is -0.386. The summed E-state index contributed by atoms with van der Waals surface area (Å²) in [6.07, 6.45) is 2.32. The molecular formula is C16H18N2O3S. The van der Waals surface area contributed by atoms with Crippen molar-refractivity contribution in [2.45, 2.75) is 25.4 Å². The highest BCUT2D eigenvalue weighted by Gasteiger charge is 2.27. The number of likely N-dealkylation sites (tertiary alicyclic amines) is 1. The highest BCUT2D eigenvalue weighted by molar-refractivity contribution is 7.10. The fourth-order valence-electron chi connectivity index (χ4n) is 3.03. The van der Waals surface area contributed by atoms with Gasteiger partial charge in [0.25, 0.3) is 0 Å². The van der Waals surface area contributed by atoms with Gasteiger partial charge in [-0.15, -0.1) is 11.3 Å². The molecule has 0 N–H and O–H groups in total. The lowest BCUT2D eigenvalue weighted by Gasteiger charge is -2.23. The highest BCUT2D eigenvalue weighted by Crippen LogP contribution is 2.36. The minimum Gasteiger partial charge on any atom is -0.490 e. The van der Waals surface area contributed by atoms with Crippen molar-refractivity contribution in [3.05, 3.63) is 56.3 Å². The summed E-state index contributed by atoms with van der Waals surface area (Å²) in [5.41, 5.74) is 0.989. The fourth-order valence-corrected chi connectivity index (χ4v) is 3.92. The van der Waals surface area contributed by atoms with Crippen LogP contribution < -0.4 is 4.74 Å². The van der Waals surface area contributed by atoms with Crippen LogP contribution in [0.4, 0.5) is 5.69 Å². The van der Waals surface area contributed by atoms with Crippen molar-refractivity contribution in [2.24, 2.45) is 0 Å². The molecule has 1 aromatic carbocycles. The summed E-state index contributed by atoms with van der Waals surface area (Å²) in [7, 11) is 1.45.